The number of aliphatic hydroxyl groups excluding tert-OH is 1. The minimum absolute atomic E-state index is 0.0721. The predicted octanol–water partition coefficient (Wildman–Crippen LogP) is -0.408. The number of hydrogen-bond acceptors (Lipinski definition) is 5. The first-order chi connectivity index (χ1) is 11.5. The van der Waals surface area contributed by atoms with Crippen molar-refractivity contribution < 1.29 is 24.0 Å². The lowest BCUT2D eigenvalue weighted by Crippen LogP contribution is -2.62. The Labute approximate surface area is 139 Å². The second-order valence-corrected chi connectivity index (χ2v) is 5.90. The fourth-order valence-corrected chi connectivity index (χ4v) is 3.12. The third kappa shape index (κ3) is 2.40. The smallest absolute Gasteiger partial charge is 0.396 e. The molecule has 2 aliphatic rings. The second kappa shape index (κ2) is 6.33. The molecule has 1 fully saturated rings. The largest absolute Gasteiger partial charge is 0.402 e. The van der Waals surface area contributed by atoms with Crippen molar-refractivity contribution in [2.45, 2.75) is 25.9 Å². The number of amidine groups is 1. The molecule has 1 unspecified atom stereocenters. The zero-order valence-corrected chi connectivity index (χ0v) is 14.1. The Kier molecular flexibility index (Phi) is 4.37. The van der Waals surface area contributed by atoms with Crippen molar-refractivity contribution in [3.05, 3.63) is 11.9 Å². The number of aliphatic imine (C=N–C) groups is 1. The molecule has 0 spiro atoms. The van der Waals surface area contributed by atoms with Crippen LogP contribution >= 0.6 is 0 Å². The van der Waals surface area contributed by atoms with Gasteiger partial charge in [-0.2, -0.15) is 0 Å². The number of aliphatic hydroxyl groups is 1. The number of carbonyl (C=O) groups is 2. The second-order valence-electron chi connectivity index (χ2n) is 5.90. The third-order valence-corrected chi connectivity index (χ3v) is 4.38. The maximum absolute atomic E-state index is 12.8. The van der Waals surface area contributed by atoms with Crippen LogP contribution in [0.2, 0.25) is 0 Å². The van der Waals surface area contributed by atoms with Gasteiger partial charge in [-0.15, -0.1) is 0 Å². The number of rotatable bonds is 6. The predicted molar refractivity (Wildman–Crippen MR) is 83.9 cm³/mol. The summed E-state index contributed by atoms with van der Waals surface area (Å²) >= 11 is 0. The molecule has 1 atom stereocenters. The lowest BCUT2D eigenvalue weighted by Gasteiger charge is -2.32. The van der Waals surface area contributed by atoms with Gasteiger partial charge in [-0.05, 0) is 13.3 Å². The van der Waals surface area contributed by atoms with Gasteiger partial charge in [0.2, 0.25) is 11.9 Å². The highest BCUT2D eigenvalue weighted by molar-refractivity contribution is 6.19. The topological polar surface area (TPSA) is 91.2 Å². The van der Waals surface area contributed by atoms with Crippen LogP contribution in [-0.2, 0) is 16.1 Å². The van der Waals surface area contributed by atoms with E-state index < -0.39 is 12.1 Å². The lowest BCUT2D eigenvalue weighted by atomic mass is 10.1. The van der Waals surface area contributed by atoms with Crippen molar-refractivity contribution in [2.24, 2.45) is 4.99 Å². The molecular weight excluding hydrogens is 314 g/mol. The summed E-state index contributed by atoms with van der Waals surface area (Å²) in [6, 6.07) is -1.04. The molecule has 1 N–H and O–H groups in total. The summed E-state index contributed by atoms with van der Waals surface area (Å²) in [4.78, 5) is 32.4. The average molecular weight is 336 g/mol. The minimum atomic E-state index is -0.635. The molecule has 0 radical (unpaired) electrons. The molecule has 9 heteroatoms. The van der Waals surface area contributed by atoms with Crippen LogP contribution in [0.25, 0.3) is 0 Å². The Hall–Kier alpha value is -2.26. The van der Waals surface area contributed by atoms with Gasteiger partial charge in [-0.1, -0.05) is 4.99 Å². The van der Waals surface area contributed by atoms with Crippen LogP contribution in [0.5, 0.6) is 0 Å². The first-order valence-corrected chi connectivity index (χ1v) is 7.90. The average Bonchev–Trinajstić information content (AvgIpc) is 3.06. The highest BCUT2D eigenvalue weighted by atomic mass is 16.5. The van der Waals surface area contributed by atoms with Gasteiger partial charge in [0.1, 0.15) is 11.9 Å². The number of likely N-dealkylation sites (N-methyl/N-ethyl adjacent to an activating group) is 1. The third-order valence-electron chi connectivity index (χ3n) is 4.38. The zero-order valence-electron chi connectivity index (χ0n) is 14.1. The molecule has 0 bridgehead atoms. The fourth-order valence-electron chi connectivity index (χ4n) is 3.12. The number of amides is 3. The minimum Gasteiger partial charge on any atom is -0.396 e. The van der Waals surface area contributed by atoms with Crippen LogP contribution in [0.3, 0.4) is 0 Å². The van der Waals surface area contributed by atoms with Crippen molar-refractivity contribution in [2.75, 3.05) is 33.9 Å². The first kappa shape index (κ1) is 16.6. The van der Waals surface area contributed by atoms with Gasteiger partial charge >= 0.3 is 12.0 Å². The van der Waals surface area contributed by atoms with Gasteiger partial charge in [0.15, 0.2) is 0 Å². The van der Waals surface area contributed by atoms with Gasteiger partial charge in [0.25, 0.3) is 5.91 Å². The van der Waals surface area contributed by atoms with E-state index in [1.807, 2.05) is 17.7 Å². The number of methoxy groups -OCH3 is 1. The number of imide groups is 1. The highest BCUT2D eigenvalue weighted by Gasteiger charge is 2.52. The van der Waals surface area contributed by atoms with E-state index in [0.29, 0.717) is 31.4 Å². The van der Waals surface area contributed by atoms with Crippen molar-refractivity contribution in [1.29, 1.82) is 0 Å². The van der Waals surface area contributed by atoms with E-state index in [0.717, 1.165) is 5.69 Å². The molecule has 3 rings (SSSR count). The highest BCUT2D eigenvalue weighted by Crippen LogP contribution is 2.29. The number of urea groups is 1. The summed E-state index contributed by atoms with van der Waals surface area (Å²) in [6.45, 7) is 3.22. The molecule has 130 valence electrons. The van der Waals surface area contributed by atoms with E-state index in [1.165, 1.54) is 9.80 Å². The Morgan fingerprint density at radius 1 is 1.38 bits per heavy atom. The molecule has 1 saturated heterocycles. The Morgan fingerprint density at radius 3 is 2.79 bits per heavy atom. The van der Waals surface area contributed by atoms with Crippen LogP contribution < -0.4 is 4.57 Å². The first-order valence-electron chi connectivity index (χ1n) is 7.90. The summed E-state index contributed by atoms with van der Waals surface area (Å²) in [5, 5.41) is 9.00. The van der Waals surface area contributed by atoms with Crippen LogP contribution in [0.4, 0.5) is 10.7 Å². The normalized spacial score (nSPS) is 19.7. The number of hydrogen-bond donors (Lipinski definition) is 1. The molecule has 3 amide bonds. The number of fused-ring (bicyclic) bond motifs is 3. The molecule has 0 saturated carbocycles. The van der Waals surface area contributed by atoms with E-state index in [4.69, 9.17) is 9.84 Å². The maximum atomic E-state index is 12.8. The quantitative estimate of drug-likeness (QED) is 0.715. The van der Waals surface area contributed by atoms with Gasteiger partial charge in [0.05, 0.1) is 13.2 Å². The summed E-state index contributed by atoms with van der Waals surface area (Å²) in [5.41, 5.74) is 0.971. The van der Waals surface area contributed by atoms with Crippen LogP contribution in [0.15, 0.2) is 11.2 Å². The summed E-state index contributed by atoms with van der Waals surface area (Å²) < 4.78 is 8.90. The number of carbonyl (C=O) groups excluding carboxylic acids is 2. The van der Waals surface area contributed by atoms with Crippen LogP contribution in [0, 0.1) is 6.92 Å². The van der Waals surface area contributed by atoms with Gasteiger partial charge in [-0.25, -0.2) is 13.9 Å². The Balaban J connectivity index is 1.99. The van der Waals surface area contributed by atoms with Gasteiger partial charge < -0.3 is 9.84 Å². The Bertz CT molecular complexity index is 711. The van der Waals surface area contributed by atoms with E-state index in [1.54, 1.807) is 18.7 Å². The number of ether oxygens (including phenoxy) is 1. The van der Waals surface area contributed by atoms with Crippen molar-refractivity contribution in [1.82, 2.24) is 14.4 Å². The molecular formula is C15H22N5O4+. The van der Waals surface area contributed by atoms with Crippen molar-refractivity contribution in [3.8, 4) is 0 Å². The summed E-state index contributed by atoms with van der Waals surface area (Å²) in [7, 11) is 3.25. The maximum Gasteiger partial charge on any atom is 0.402 e. The van der Waals surface area contributed by atoms with E-state index in [2.05, 4.69) is 4.99 Å². The molecule has 0 aromatic carbocycles. The van der Waals surface area contributed by atoms with Crippen molar-refractivity contribution >= 4 is 23.7 Å². The molecule has 1 aromatic rings. The molecule has 9 nitrogen and oxygen atoms in total. The fraction of sp³-hybridized carbons (Fsp3) is 0.600. The van der Waals surface area contributed by atoms with Gasteiger partial charge in [-0.3, -0.25) is 14.6 Å². The molecule has 2 aliphatic heterocycles. The monoisotopic (exact) mass is 336 g/mol. The number of imidazole rings is 1. The van der Waals surface area contributed by atoms with E-state index >= 15 is 0 Å². The molecule has 3 heterocycles. The van der Waals surface area contributed by atoms with Crippen LogP contribution in [-0.4, -0.2) is 71.2 Å². The number of nitrogens with zero attached hydrogens (tertiary/aromatic N) is 5. The van der Waals surface area contributed by atoms with Gasteiger partial charge in [0, 0.05) is 27.3 Å². The number of aromatic nitrogens is 2. The van der Waals surface area contributed by atoms with Crippen LogP contribution in [0.1, 0.15) is 18.2 Å². The molecule has 0 aliphatic carbocycles. The lowest BCUT2D eigenvalue weighted by molar-refractivity contribution is -0.677. The Morgan fingerprint density at radius 2 is 2.12 bits per heavy atom. The van der Waals surface area contributed by atoms with E-state index in [-0.39, 0.29) is 19.1 Å². The van der Waals surface area contributed by atoms with Crippen molar-refractivity contribution in [3.63, 3.8) is 0 Å². The summed E-state index contributed by atoms with van der Waals surface area (Å²) in [5.74, 6) is 0.769. The standard InChI is InChI=1S/C15H22N5O4/c1-10-9-20-11-12(16-14(20)18(10)6-8-24-3)17(2)15(23)19(13(11)22)5-4-7-21/h9,11,21H,4-8H2,1-3H3/q+1. The summed E-state index contributed by atoms with van der Waals surface area (Å²) in [6.07, 6.45) is 2.23. The molecule has 1 aromatic heterocycles. The zero-order chi connectivity index (χ0) is 17.4. The molecule has 24 heavy (non-hydrogen) atoms. The van der Waals surface area contributed by atoms with E-state index in [9.17, 15) is 9.59 Å². The number of aryl methyl sites for hydroxylation is 1. The SMILES string of the molecule is COCCn1c(C)c[n+]2c1N=C1C2C(=O)N(CCCO)C(=O)N1C.